The number of halogens is 1. The Bertz CT molecular complexity index is 388. The number of hydrogen-bond donors (Lipinski definition) is 1. The SMILES string of the molecule is CC(C)CCOCc1ccc(F)c(C(=O)O)c1. The second-order valence-electron chi connectivity index (χ2n) is 4.35. The molecule has 0 atom stereocenters. The Hall–Kier alpha value is -1.42. The van der Waals surface area contributed by atoms with Crippen molar-refractivity contribution in [1.29, 1.82) is 0 Å². The summed E-state index contributed by atoms with van der Waals surface area (Å²) in [6.07, 6.45) is 0.951. The highest BCUT2D eigenvalue weighted by atomic mass is 19.1. The van der Waals surface area contributed by atoms with Crippen LogP contribution in [-0.4, -0.2) is 17.7 Å². The second-order valence-corrected chi connectivity index (χ2v) is 4.35. The van der Waals surface area contributed by atoms with E-state index in [1.807, 2.05) is 0 Å². The molecule has 3 nitrogen and oxygen atoms in total. The van der Waals surface area contributed by atoms with Crippen molar-refractivity contribution in [3.8, 4) is 0 Å². The van der Waals surface area contributed by atoms with E-state index in [1.54, 1.807) is 0 Å². The third-order valence-corrected chi connectivity index (χ3v) is 2.37. The molecule has 0 aliphatic rings. The highest BCUT2D eigenvalue weighted by molar-refractivity contribution is 5.88. The molecule has 0 saturated heterocycles. The predicted octanol–water partition coefficient (Wildman–Crippen LogP) is 3.09. The highest BCUT2D eigenvalue weighted by Crippen LogP contribution is 2.12. The maximum atomic E-state index is 13.1. The zero-order valence-electron chi connectivity index (χ0n) is 10.1. The van der Waals surface area contributed by atoms with Crippen LogP contribution in [-0.2, 0) is 11.3 Å². The monoisotopic (exact) mass is 240 g/mol. The third-order valence-electron chi connectivity index (χ3n) is 2.37. The van der Waals surface area contributed by atoms with Gasteiger partial charge in [-0.05, 0) is 30.0 Å². The Balaban J connectivity index is 2.54. The molecule has 0 amide bonds. The zero-order chi connectivity index (χ0) is 12.8. The van der Waals surface area contributed by atoms with Gasteiger partial charge in [0.1, 0.15) is 5.82 Å². The smallest absolute Gasteiger partial charge is 0.338 e. The molecular weight excluding hydrogens is 223 g/mol. The van der Waals surface area contributed by atoms with Gasteiger partial charge < -0.3 is 9.84 Å². The fraction of sp³-hybridized carbons (Fsp3) is 0.462. The van der Waals surface area contributed by atoms with E-state index >= 15 is 0 Å². The van der Waals surface area contributed by atoms with Crippen molar-refractivity contribution in [2.75, 3.05) is 6.61 Å². The quantitative estimate of drug-likeness (QED) is 0.777. The lowest BCUT2D eigenvalue weighted by Crippen LogP contribution is -2.04. The minimum Gasteiger partial charge on any atom is -0.478 e. The molecule has 0 heterocycles. The summed E-state index contributed by atoms with van der Waals surface area (Å²) in [6.45, 7) is 5.14. The number of carboxylic acid groups (broad SMARTS) is 1. The molecule has 4 heteroatoms. The Labute approximate surface area is 100 Å². The van der Waals surface area contributed by atoms with Gasteiger partial charge >= 0.3 is 5.97 Å². The minimum atomic E-state index is -1.26. The van der Waals surface area contributed by atoms with Gasteiger partial charge in [-0.1, -0.05) is 19.9 Å². The van der Waals surface area contributed by atoms with Crippen molar-refractivity contribution in [3.05, 3.63) is 35.1 Å². The summed E-state index contributed by atoms with van der Waals surface area (Å²) in [4.78, 5) is 10.7. The molecule has 0 aromatic heterocycles. The van der Waals surface area contributed by atoms with Crippen LogP contribution in [0, 0.1) is 11.7 Å². The maximum absolute atomic E-state index is 13.1. The van der Waals surface area contributed by atoms with E-state index in [0.29, 0.717) is 24.7 Å². The zero-order valence-corrected chi connectivity index (χ0v) is 10.1. The summed E-state index contributed by atoms with van der Waals surface area (Å²) in [5.41, 5.74) is 0.363. The average Bonchev–Trinajstić information content (AvgIpc) is 2.25. The first-order valence-corrected chi connectivity index (χ1v) is 5.60. The molecule has 94 valence electrons. The summed E-state index contributed by atoms with van der Waals surface area (Å²) in [7, 11) is 0. The Kier molecular flexibility index (Phi) is 5.10. The van der Waals surface area contributed by atoms with Crippen LogP contribution in [0.1, 0.15) is 36.2 Å². The number of carbonyl (C=O) groups is 1. The molecule has 0 spiro atoms. The lowest BCUT2D eigenvalue weighted by molar-refractivity contribution is 0.0691. The van der Waals surface area contributed by atoms with E-state index < -0.39 is 11.8 Å². The number of rotatable bonds is 6. The van der Waals surface area contributed by atoms with E-state index in [-0.39, 0.29) is 5.56 Å². The Morgan fingerprint density at radius 3 is 2.76 bits per heavy atom. The van der Waals surface area contributed by atoms with Crippen LogP contribution < -0.4 is 0 Å². The van der Waals surface area contributed by atoms with E-state index in [4.69, 9.17) is 9.84 Å². The molecule has 0 fully saturated rings. The van der Waals surface area contributed by atoms with Crippen molar-refractivity contribution in [1.82, 2.24) is 0 Å². The van der Waals surface area contributed by atoms with Gasteiger partial charge in [0.2, 0.25) is 0 Å². The van der Waals surface area contributed by atoms with Crippen LogP contribution in [0.4, 0.5) is 4.39 Å². The highest BCUT2D eigenvalue weighted by Gasteiger charge is 2.10. The van der Waals surface area contributed by atoms with E-state index in [1.165, 1.54) is 12.1 Å². The summed E-state index contributed by atoms with van der Waals surface area (Å²) >= 11 is 0. The van der Waals surface area contributed by atoms with Gasteiger partial charge in [0.25, 0.3) is 0 Å². The molecule has 1 aromatic rings. The molecule has 0 aliphatic heterocycles. The molecule has 0 aliphatic carbocycles. The molecular formula is C13H17FO3. The fourth-order valence-electron chi connectivity index (χ4n) is 1.34. The first kappa shape index (κ1) is 13.6. The average molecular weight is 240 g/mol. The molecule has 1 rings (SSSR count). The molecule has 0 saturated carbocycles. The molecule has 0 bridgehead atoms. The first-order valence-electron chi connectivity index (χ1n) is 5.60. The van der Waals surface area contributed by atoms with Gasteiger partial charge in [-0.25, -0.2) is 9.18 Å². The Morgan fingerprint density at radius 1 is 1.47 bits per heavy atom. The molecule has 1 aromatic carbocycles. The molecule has 17 heavy (non-hydrogen) atoms. The predicted molar refractivity (Wildman–Crippen MR) is 62.5 cm³/mol. The summed E-state index contributed by atoms with van der Waals surface area (Å²) < 4.78 is 18.5. The van der Waals surface area contributed by atoms with Gasteiger partial charge in [-0.15, -0.1) is 0 Å². The normalized spacial score (nSPS) is 10.8. The lowest BCUT2D eigenvalue weighted by atomic mass is 10.1. The lowest BCUT2D eigenvalue weighted by Gasteiger charge is -2.07. The van der Waals surface area contributed by atoms with Crippen molar-refractivity contribution < 1.29 is 19.0 Å². The standard InChI is InChI=1S/C13H17FO3/c1-9(2)5-6-17-8-10-3-4-12(14)11(7-10)13(15)16/h3-4,7,9H,5-6,8H2,1-2H3,(H,15,16). The topological polar surface area (TPSA) is 46.5 Å². The molecule has 1 N–H and O–H groups in total. The van der Waals surface area contributed by atoms with Crippen LogP contribution in [0.5, 0.6) is 0 Å². The van der Waals surface area contributed by atoms with Crippen LogP contribution in [0.15, 0.2) is 18.2 Å². The number of ether oxygens (including phenoxy) is 1. The van der Waals surface area contributed by atoms with E-state index in [9.17, 15) is 9.18 Å². The second kappa shape index (κ2) is 6.35. The summed E-state index contributed by atoms with van der Waals surface area (Å²) in [5.74, 6) is -1.41. The fourth-order valence-corrected chi connectivity index (χ4v) is 1.34. The van der Waals surface area contributed by atoms with Crippen LogP contribution >= 0.6 is 0 Å². The van der Waals surface area contributed by atoms with Gasteiger partial charge in [0, 0.05) is 6.61 Å². The summed E-state index contributed by atoms with van der Waals surface area (Å²) in [6, 6.07) is 4.01. The largest absolute Gasteiger partial charge is 0.478 e. The Morgan fingerprint density at radius 2 is 2.18 bits per heavy atom. The third kappa shape index (κ3) is 4.53. The van der Waals surface area contributed by atoms with E-state index in [2.05, 4.69) is 13.8 Å². The number of carboxylic acids is 1. The summed E-state index contributed by atoms with van der Waals surface area (Å²) in [5, 5.41) is 8.75. The van der Waals surface area contributed by atoms with Crippen molar-refractivity contribution in [3.63, 3.8) is 0 Å². The maximum Gasteiger partial charge on any atom is 0.338 e. The minimum absolute atomic E-state index is 0.310. The van der Waals surface area contributed by atoms with Crippen molar-refractivity contribution in [2.45, 2.75) is 26.9 Å². The van der Waals surface area contributed by atoms with Crippen LogP contribution in [0.3, 0.4) is 0 Å². The van der Waals surface area contributed by atoms with E-state index in [0.717, 1.165) is 12.5 Å². The van der Waals surface area contributed by atoms with Gasteiger partial charge in [-0.2, -0.15) is 0 Å². The van der Waals surface area contributed by atoms with Gasteiger partial charge in [-0.3, -0.25) is 0 Å². The number of benzene rings is 1. The van der Waals surface area contributed by atoms with Crippen LogP contribution in [0.2, 0.25) is 0 Å². The van der Waals surface area contributed by atoms with Crippen molar-refractivity contribution >= 4 is 5.97 Å². The number of aromatic carboxylic acids is 1. The van der Waals surface area contributed by atoms with Gasteiger partial charge in [0.05, 0.1) is 12.2 Å². The van der Waals surface area contributed by atoms with Crippen LogP contribution in [0.25, 0.3) is 0 Å². The van der Waals surface area contributed by atoms with Crippen molar-refractivity contribution in [2.24, 2.45) is 5.92 Å². The number of hydrogen-bond acceptors (Lipinski definition) is 2. The van der Waals surface area contributed by atoms with Gasteiger partial charge in [0.15, 0.2) is 0 Å². The first-order chi connectivity index (χ1) is 8.00. The molecule has 0 unspecified atom stereocenters. The molecule has 0 radical (unpaired) electrons.